The van der Waals surface area contributed by atoms with Gasteiger partial charge in [0, 0.05) is 25.4 Å². The minimum Gasteiger partial charge on any atom is -0.392 e. The SMILES string of the molecule is CCn1ccnc1CC(O)C1CC=CCC1. The summed E-state index contributed by atoms with van der Waals surface area (Å²) in [7, 11) is 0. The maximum absolute atomic E-state index is 10.2. The molecule has 0 saturated heterocycles. The fourth-order valence-electron chi connectivity index (χ4n) is 2.34. The van der Waals surface area contributed by atoms with Crippen molar-refractivity contribution in [1.29, 1.82) is 0 Å². The van der Waals surface area contributed by atoms with Crippen LogP contribution in [0.1, 0.15) is 32.0 Å². The van der Waals surface area contributed by atoms with Crippen LogP contribution in [-0.4, -0.2) is 20.8 Å². The number of nitrogens with zero attached hydrogens (tertiary/aromatic N) is 2. The molecule has 1 heterocycles. The second kappa shape index (κ2) is 5.30. The highest BCUT2D eigenvalue weighted by Gasteiger charge is 2.21. The Morgan fingerprint density at radius 2 is 2.44 bits per heavy atom. The Balaban J connectivity index is 1.96. The summed E-state index contributed by atoms with van der Waals surface area (Å²) in [6.07, 6.45) is 11.8. The van der Waals surface area contributed by atoms with Gasteiger partial charge >= 0.3 is 0 Å². The van der Waals surface area contributed by atoms with E-state index >= 15 is 0 Å². The number of aryl methyl sites for hydroxylation is 1. The van der Waals surface area contributed by atoms with Gasteiger partial charge in [-0.2, -0.15) is 0 Å². The first-order valence-corrected chi connectivity index (χ1v) is 6.14. The molecule has 0 spiro atoms. The molecule has 2 atom stereocenters. The van der Waals surface area contributed by atoms with Gasteiger partial charge in [-0.05, 0) is 32.1 Å². The van der Waals surface area contributed by atoms with E-state index in [9.17, 15) is 5.11 Å². The van der Waals surface area contributed by atoms with Crippen LogP contribution in [0.2, 0.25) is 0 Å². The van der Waals surface area contributed by atoms with E-state index in [4.69, 9.17) is 0 Å². The van der Waals surface area contributed by atoms with E-state index in [0.717, 1.165) is 31.6 Å². The summed E-state index contributed by atoms with van der Waals surface area (Å²) in [5.74, 6) is 1.41. The maximum Gasteiger partial charge on any atom is 0.111 e. The second-order valence-electron chi connectivity index (χ2n) is 4.45. The second-order valence-corrected chi connectivity index (χ2v) is 4.45. The minimum atomic E-state index is -0.252. The van der Waals surface area contributed by atoms with E-state index in [1.54, 1.807) is 0 Å². The predicted octanol–water partition coefficient (Wildman–Crippen LogP) is 2.16. The molecule has 0 fully saturated rings. The first kappa shape index (κ1) is 11.4. The van der Waals surface area contributed by atoms with Gasteiger partial charge in [0.15, 0.2) is 0 Å². The molecule has 0 radical (unpaired) electrons. The van der Waals surface area contributed by atoms with Gasteiger partial charge in [-0.3, -0.25) is 0 Å². The van der Waals surface area contributed by atoms with Crippen LogP contribution in [0.5, 0.6) is 0 Å². The number of allylic oxidation sites excluding steroid dienone is 2. The minimum absolute atomic E-state index is 0.252. The van der Waals surface area contributed by atoms with Gasteiger partial charge in [0.05, 0.1) is 6.10 Å². The molecule has 0 aromatic carbocycles. The standard InChI is InChI=1S/C13H20N2O/c1-2-15-9-8-14-13(15)10-12(16)11-6-4-3-5-7-11/h3-4,8-9,11-12,16H,2,5-7,10H2,1H3. The van der Waals surface area contributed by atoms with E-state index in [1.165, 1.54) is 0 Å². The van der Waals surface area contributed by atoms with Crippen LogP contribution in [-0.2, 0) is 13.0 Å². The van der Waals surface area contributed by atoms with E-state index < -0.39 is 0 Å². The number of rotatable bonds is 4. The predicted molar refractivity (Wildman–Crippen MR) is 64.1 cm³/mol. The molecule has 88 valence electrons. The summed E-state index contributed by atoms with van der Waals surface area (Å²) in [5.41, 5.74) is 0. The molecular formula is C13H20N2O. The highest BCUT2D eigenvalue weighted by molar-refractivity contribution is 4.98. The van der Waals surface area contributed by atoms with Crippen molar-refractivity contribution in [2.24, 2.45) is 5.92 Å². The van der Waals surface area contributed by atoms with E-state index in [2.05, 4.69) is 28.6 Å². The zero-order valence-corrected chi connectivity index (χ0v) is 9.84. The van der Waals surface area contributed by atoms with Crippen molar-refractivity contribution in [3.8, 4) is 0 Å². The highest BCUT2D eigenvalue weighted by Crippen LogP contribution is 2.23. The van der Waals surface area contributed by atoms with Crippen molar-refractivity contribution in [3.63, 3.8) is 0 Å². The average molecular weight is 220 g/mol. The zero-order valence-electron chi connectivity index (χ0n) is 9.84. The van der Waals surface area contributed by atoms with Crippen LogP contribution in [0.15, 0.2) is 24.5 Å². The Bertz CT molecular complexity index is 357. The fraction of sp³-hybridized carbons (Fsp3) is 0.615. The lowest BCUT2D eigenvalue weighted by molar-refractivity contribution is 0.0993. The van der Waals surface area contributed by atoms with Crippen molar-refractivity contribution in [2.45, 2.75) is 45.3 Å². The zero-order chi connectivity index (χ0) is 11.4. The number of hydrogen-bond acceptors (Lipinski definition) is 2. The van der Waals surface area contributed by atoms with Gasteiger partial charge in [0.2, 0.25) is 0 Å². The Kier molecular flexibility index (Phi) is 3.78. The van der Waals surface area contributed by atoms with Crippen LogP contribution in [0.4, 0.5) is 0 Å². The quantitative estimate of drug-likeness (QED) is 0.790. The van der Waals surface area contributed by atoms with Crippen molar-refractivity contribution >= 4 is 0 Å². The van der Waals surface area contributed by atoms with E-state index in [1.807, 2.05) is 12.4 Å². The first-order valence-electron chi connectivity index (χ1n) is 6.14. The molecule has 16 heavy (non-hydrogen) atoms. The number of aromatic nitrogens is 2. The third kappa shape index (κ3) is 2.53. The molecule has 1 N–H and O–H groups in total. The van der Waals surface area contributed by atoms with Crippen molar-refractivity contribution in [2.75, 3.05) is 0 Å². The maximum atomic E-state index is 10.2. The lowest BCUT2D eigenvalue weighted by atomic mass is 9.88. The molecule has 3 nitrogen and oxygen atoms in total. The summed E-state index contributed by atoms with van der Waals surface area (Å²) < 4.78 is 2.10. The molecule has 1 aliphatic carbocycles. The lowest BCUT2D eigenvalue weighted by Crippen LogP contribution is -2.25. The van der Waals surface area contributed by atoms with Crippen LogP contribution >= 0.6 is 0 Å². The van der Waals surface area contributed by atoms with Gasteiger partial charge in [-0.15, -0.1) is 0 Å². The van der Waals surface area contributed by atoms with E-state index in [-0.39, 0.29) is 6.10 Å². The molecule has 3 heteroatoms. The summed E-state index contributed by atoms with van der Waals surface area (Å²) in [6.45, 7) is 3.02. The van der Waals surface area contributed by atoms with Crippen LogP contribution in [0, 0.1) is 5.92 Å². The Hall–Kier alpha value is -1.09. The number of aliphatic hydroxyl groups is 1. The topological polar surface area (TPSA) is 38.0 Å². The van der Waals surface area contributed by atoms with Crippen LogP contribution in [0.25, 0.3) is 0 Å². The summed E-state index contributed by atoms with van der Waals surface area (Å²) in [4.78, 5) is 4.31. The Labute approximate surface area is 96.8 Å². The number of hydrogen-bond donors (Lipinski definition) is 1. The molecule has 0 aliphatic heterocycles. The fourth-order valence-corrected chi connectivity index (χ4v) is 2.34. The molecule has 0 amide bonds. The van der Waals surface area contributed by atoms with Gasteiger partial charge in [0.25, 0.3) is 0 Å². The molecule has 2 unspecified atom stereocenters. The normalized spacial score (nSPS) is 22.2. The Morgan fingerprint density at radius 3 is 3.12 bits per heavy atom. The average Bonchev–Trinajstić information content (AvgIpc) is 2.77. The third-order valence-electron chi connectivity index (χ3n) is 3.39. The summed E-state index contributed by atoms with van der Waals surface area (Å²) in [5, 5.41) is 10.2. The lowest BCUT2D eigenvalue weighted by Gasteiger charge is -2.23. The molecule has 0 bridgehead atoms. The monoisotopic (exact) mass is 220 g/mol. The smallest absolute Gasteiger partial charge is 0.111 e. The molecular weight excluding hydrogens is 200 g/mol. The number of aliphatic hydroxyl groups excluding tert-OH is 1. The Morgan fingerprint density at radius 1 is 1.56 bits per heavy atom. The van der Waals surface area contributed by atoms with Gasteiger partial charge in [-0.25, -0.2) is 4.98 Å². The molecule has 0 saturated carbocycles. The van der Waals surface area contributed by atoms with Gasteiger partial charge in [0.1, 0.15) is 5.82 Å². The highest BCUT2D eigenvalue weighted by atomic mass is 16.3. The number of imidazole rings is 1. The van der Waals surface area contributed by atoms with Crippen molar-refractivity contribution < 1.29 is 5.11 Å². The summed E-state index contributed by atoms with van der Waals surface area (Å²) in [6, 6.07) is 0. The molecule has 1 aromatic heterocycles. The molecule has 1 aromatic rings. The largest absolute Gasteiger partial charge is 0.392 e. The molecule has 2 rings (SSSR count). The van der Waals surface area contributed by atoms with Gasteiger partial charge < -0.3 is 9.67 Å². The van der Waals surface area contributed by atoms with Gasteiger partial charge in [-0.1, -0.05) is 12.2 Å². The molecule has 1 aliphatic rings. The van der Waals surface area contributed by atoms with E-state index in [0.29, 0.717) is 12.3 Å². The first-order chi connectivity index (χ1) is 7.81. The van der Waals surface area contributed by atoms with Crippen LogP contribution in [0.3, 0.4) is 0 Å². The van der Waals surface area contributed by atoms with Crippen molar-refractivity contribution in [3.05, 3.63) is 30.4 Å². The van der Waals surface area contributed by atoms with Crippen molar-refractivity contribution in [1.82, 2.24) is 9.55 Å². The summed E-state index contributed by atoms with van der Waals surface area (Å²) >= 11 is 0. The van der Waals surface area contributed by atoms with Crippen LogP contribution < -0.4 is 0 Å². The third-order valence-corrected chi connectivity index (χ3v) is 3.39.